The first-order valence-electron chi connectivity index (χ1n) is 15.6. The number of piperidine rings is 1. The standard InChI is InChI=1S/C31H45N7O4/c1-20-27(33-19-26(30(39)40)37-31(41)42-18-14-22-7-4-3-5-8-22)34-21(2)35-29(20)38-16-12-23(13-17-38)25-11-10-24-9-6-15-32-28(24)36-25/h10-11,22-23,26H,3-9,12-19H2,1-2H3,(H,32,36)(H,37,41)(H,39,40)(H,33,34,35)/t26-/m0/s1. The Balaban J connectivity index is 1.15. The Bertz CT molecular complexity index is 1240. The number of aryl methyl sites for hydroxylation is 2. The molecule has 1 amide bonds. The molecule has 3 aliphatic rings. The van der Waals surface area contributed by atoms with Gasteiger partial charge in [0.15, 0.2) is 0 Å². The van der Waals surface area contributed by atoms with Gasteiger partial charge in [-0.1, -0.05) is 38.2 Å². The Labute approximate surface area is 248 Å². The van der Waals surface area contributed by atoms with Gasteiger partial charge in [-0.25, -0.2) is 24.5 Å². The van der Waals surface area contributed by atoms with Gasteiger partial charge in [0.1, 0.15) is 29.3 Å². The van der Waals surface area contributed by atoms with Crippen molar-refractivity contribution in [1.82, 2.24) is 20.3 Å². The predicted molar refractivity (Wildman–Crippen MR) is 162 cm³/mol. The molecule has 2 aromatic heterocycles. The molecule has 0 bridgehead atoms. The van der Waals surface area contributed by atoms with E-state index in [1.165, 1.54) is 37.7 Å². The van der Waals surface area contributed by atoms with E-state index in [1.54, 1.807) is 0 Å². The van der Waals surface area contributed by atoms with Gasteiger partial charge < -0.3 is 30.7 Å². The van der Waals surface area contributed by atoms with E-state index in [0.717, 1.165) is 74.6 Å². The first-order valence-corrected chi connectivity index (χ1v) is 15.6. The normalized spacial score (nSPS) is 18.5. The topological polar surface area (TPSA) is 142 Å². The summed E-state index contributed by atoms with van der Waals surface area (Å²) < 4.78 is 5.31. The molecule has 42 heavy (non-hydrogen) atoms. The predicted octanol–water partition coefficient (Wildman–Crippen LogP) is 4.79. The number of hydrogen-bond acceptors (Lipinski definition) is 9. The van der Waals surface area contributed by atoms with Crippen molar-refractivity contribution in [3.05, 3.63) is 34.8 Å². The van der Waals surface area contributed by atoms with Crippen LogP contribution in [0.25, 0.3) is 0 Å². The van der Waals surface area contributed by atoms with Crippen LogP contribution < -0.4 is 20.9 Å². The van der Waals surface area contributed by atoms with Crippen molar-refractivity contribution in [3.8, 4) is 0 Å². The van der Waals surface area contributed by atoms with Crippen LogP contribution in [0.5, 0.6) is 0 Å². The zero-order valence-electron chi connectivity index (χ0n) is 25.0. The van der Waals surface area contributed by atoms with Crippen LogP contribution in [0.15, 0.2) is 12.1 Å². The summed E-state index contributed by atoms with van der Waals surface area (Å²) >= 11 is 0. The first kappa shape index (κ1) is 29.8. The molecule has 0 unspecified atom stereocenters. The fourth-order valence-electron chi connectivity index (χ4n) is 6.43. The van der Waals surface area contributed by atoms with Crippen molar-refractivity contribution in [2.45, 2.75) is 90.0 Å². The highest BCUT2D eigenvalue weighted by Crippen LogP contribution is 2.33. The lowest BCUT2D eigenvalue weighted by Crippen LogP contribution is -2.45. The van der Waals surface area contributed by atoms with Gasteiger partial charge in [0.2, 0.25) is 0 Å². The Morgan fingerprint density at radius 1 is 1.07 bits per heavy atom. The molecule has 1 saturated heterocycles. The van der Waals surface area contributed by atoms with Gasteiger partial charge in [-0.2, -0.15) is 0 Å². The van der Waals surface area contributed by atoms with E-state index in [2.05, 4.69) is 38.0 Å². The molecule has 228 valence electrons. The monoisotopic (exact) mass is 579 g/mol. The maximum absolute atomic E-state index is 12.3. The summed E-state index contributed by atoms with van der Waals surface area (Å²) in [5.41, 5.74) is 3.32. The maximum Gasteiger partial charge on any atom is 0.407 e. The summed E-state index contributed by atoms with van der Waals surface area (Å²) in [5.74, 6) is 2.92. The highest BCUT2D eigenvalue weighted by atomic mass is 16.5. The number of aliphatic carboxylic acids is 1. The third kappa shape index (κ3) is 7.60. The van der Waals surface area contributed by atoms with Crippen molar-refractivity contribution in [2.75, 3.05) is 48.3 Å². The fourth-order valence-corrected chi connectivity index (χ4v) is 6.43. The van der Waals surface area contributed by atoms with E-state index >= 15 is 0 Å². The zero-order valence-corrected chi connectivity index (χ0v) is 25.0. The largest absolute Gasteiger partial charge is 0.480 e. The quantitative estimate of drug-likeness (QED) is 0.310. The van der Waals surface area contributed by atoms with Gasteiger partial charge in [-0.05, 0) is 63.5 Å². The van der Waals surface area contributed by atoms with E-state index in [4.69, 9.17) is 14.7 Å². The van der Waals surface area contributed by atoms with Crippen molar-refractivity contribution in [1.29, 1.82) is 0 Å². The molecule has 2 aliphatic heterocycles. The summed E-state index contributed by atoms with van der Waals surface area (Å²) in [4.78, 5) is 40.7. The minimum atomic E-state index is -1.15. The molecule has 1 saturated carbocycles. The number of alkyl carbamates (subject to hydrolysis) is 1. The molecule has 2 fully saturated rings. The second kappa shape index (κ2) is 14.0. The van der Waals surface area contributed by atoms with Gasteiger partial charge >= 0.3 is 12.1 Å². The van der Waals surface area contributed by atoms with Crippen LogP contribution in [-0.2, 0) is 16.0 Å². The molecule has 5 rings (SSSR count). The van der Waals surface area contributed by atoms with Crippen LogP contribution in [0.4, 0.5) is 22.2 Å². The van der Waals surface area contributed by atoms with Crippen molar-refractivity contribution in [2.24, 2.45) is 5.92 Å². The summed E-state index contributed by atoms with van der Waals surface area (Å²) in [6, 6.07) is 3.26. The molecule has 11 heteroatoms. The van der Waals surface area contributed by atoms with Gasteiger partial charge in [0, 0.05) is 43.4 Å². The molecular weight excluding hydrogens is 534 g/mol. The molecule has 4 heterocycles. The van der Waals surface area contributed by atoms with Crippen LogP contribution in [-0.4, -0.2) is 70.9 Å². The Kier molecular flexibility index (Phi) is 9.97. The van der Waals surface area contributed by atoms with Crippen LogP contribution in [0.3, 0.4) is 0 Å². The third-order valence-corrected chi connectivity index (χ3v) is 8.91. The van der Waals surface area contributed by atoms with Crippen LogP contribution in [0.1, 0.15) is 86.4 Å². The lowest BCUT2D eigenvalue weighted by molar-refractivity contribution is -0.139. The van der Waals surface area contributed by atoms with Crippen molar-refractivity contribution in [3.63, 3.8) is 0 Å². The fraction of sp³-hybridized carbons (Fsp3) is 0.645. The van der Waals surface area contributed by atoms with Crippen LogP contribution in [0.2, 0.25) is 0 Å². The number of carbonyl (C=O) groups excluding carboxylic acids is 1. The van der Waals surface area contributed by atoms with E-state index in [-0.39, 0.29) is 6.54 Å². The van der Waals surface area contributed by atoms with Crippen LogP contribution in [0, 0.1) is 19.8 Å². The first-order chi connectivity index (χ1) is 20.4. The minimum Gasteiger partial charge on any atom is -0.480 e. The number of amides is 1. The van der Waals surface area contributed by atoms with Gasteiger partial charge in [-0.3, -0.25) is 0 Å². The molecular formula is C31H45N7O4. The Morgan fingerprint density at radius 3 is 2.62 bits per heavy atom. The van der Waals surface area contributed by atoms with E-state index < -0.39 is 18.1 Å². The lowest BCUT2D eigenvalue weighted by atomic mass is 9.87. The minimum absolute atomic E-state index is 0.0239. The molecule has 4 N–H and O–H groups in total. The molecule has 0 spiro atoms. The zero-order chi connectivity index (χ0) is 29.5. The second-order valence-electron chi connectivity index (χ2n) is 11.9. The molecule has 0 radical (unpaired) electrons. The highest BCUT2D eigenvalue weighted by Gasteiger charge is 2.27. The number of pyridine rings is 1. The number of carboxylic acid groups (broad SMARTS) is 1. The number of nitrogens with zero attached hydrogens (tertiary/aromatic N) is 4. The number of hydrogen-bond donors (Lipinski definition) is 4. The molecule has 1 aliphatic carbocycles. The number of fused-ring (bicyclic) bond motifs is 1. The molecule has 1 atom stereocenters. The van der Waals surface area contributed by atoms with Gasteiger partial charge in [-0.15, -0.1) is 0 Å². The number of rotatable bonds is 10. The number of anilines is 3. The molecule has 2 aromatic rings. The van der Waals surface area contributed by atoms with Crippen molar-refractivity contribution < 1.29 is 19.4 Å². The smallest absolute Gasteiger partial charge is 0.407 e. The highest BCUT2D eigenvalue weighted by molar-refractivity contribution is 5.80. The van der Waals surface area contributed by atoms with Gasteiger partial charge in [0.05, 0.1) is 6.61 Å². The van der Waals surface area contributed by atoms with E-state index in [0.29, 0.717) is 30.1 Å². The number of carboxylic acids is 1. The maximum atomic E-state index is 12.3. The van der Waals surface area contributed by atoms with Crippen molar-refractivity contribution >= 4 is 29.5 Å². The number of nitrogens with one attached hydrogen (secondary N) is 3. The Hall–Kier alpha value is -3.63. The summed E-state index contributed by atoms with van der Waals surface area (Å²) in [5, 5.41) is 18.8. The summed E-state index contributed by atoms with van der Waals surface area (Å²) in [6.07, 6.45) is 10.4. The third-order valence-electron chi connectivity index (χ3n) is 8.91. The second-order valence-corrected chi connectivity index (χ2v) is 11.9. The SMILES string of the molecule is Cc1nc(NC[C@H](NC(=O)OCCC2CCCCC2)C(=O)O)c(C)c(N2CCC(c3ccc4c(n3)NCCC4)CC2)n1. The summed E-state index contributed by atoms with van der Waals surface area (Å²) in [6.45, 7) is 6.74. The number of ether oxygens (including phenoxy) is 1. The number of aromatic nitrogens is 3. The lowest BCUT2D eigenvalue weighted by Gasteiger charge is -2.34. The van der Waals surface area contributed by atoms with Gasteiger partial charge in [0.25, 0.3) is 0 Å². The average Bonchev–Trinajstić information content (AvgIpc) is 3.01. The number of carbonyl (C=O) groups is 2. The van der Waals surface area contributed by atoms with E-state index in [9.17, 15) is 14.7 Å². The average molecular weight is 580 g/mol. The molecule has 0 aromatic carbocycles. The Morgan fingerprint density at radius 2 is 1.86 bits per heavy atom. The van der Waals surface area contributed by atoms with E-state index in [1.807, 2.05) is 13.8 Å². The van der Waals surface area contributed by atoms with Crippen LogP contribution >= 0.6 is 0 Å². The summed E-state index contributed by atoms with van der Waals surface area (Å²) in [7, 11) is 0. The molecule has 11 nitrogen and oxygen atoms in total.